The molecule has 0 bridgehead atoms. The summed E-state index contributed by atoms with van der Waals surface area (Å²) in [5, 5.41) is 19.9. The van der Waals surface area contributed by atoms with E-state index < -0.39 is 108 Å². The van der Waals surface area contributed by atoms with Crippen LogP contribution < -0.4 is 21.3 Å². The number of alkyl carbamates (subject to hydrolysis) is 1. The molecule has 0 fully saturated rings. The first kappa shape index (κ1) is 58.3. The molecule has 380 valence electrons. The molecule has 0 aromatic heterocycles. The first-order valence-electron chi connectivity index (χ1n) is 23.8. The Morgan fingerprint density at radius 3 is 2.16 bits per heavy atom. The fraction of sp³-hybridized carbons (Fsp3) is 0.640. The van der Waals surface area contributed by atoms with Gasteiger partial charge in [-0.1, -0.05) is 83.5 Å². The van der Waals surface area contributed by atoms with Gasteiger partial charge >= 0.3 is 18.0 Å². The zero-order valence-electron chi connectivity index (χ0n) is 42.2. The molecule has 6 amide bonds. The van der Waals surface area contributed by atoms with Crippen molar-refractivity contribution in [3.8, 4) is 0 Å². The van der Waals surface area contributed by atoms with E-state index in [4.69, 9.17) is 19.3 Å². The van der Waals surface area contributed by atoms with Crippen LogP contribution in [0.1, 0.15) is 113 Å². The lowest BCUT2D eigenvalue weighted by atomic mass is 9.90. The Morgan fingerprint density at radius 1 is 0.912 bits per heavy atom. The van der Waals surface area contributed by atoms with Crippen LogP contribution in [0.4, 0.5) is 4.79 Å². The van der Waals surface area contributed by atoms with E-state index >= 15 is 0 Å². The minimum Gasteiger partial charge on any atom is -0.456 e. The van der Waals surface area contributed by atoms with Gasteiger partial charge in [-0.3, -0.25) is 24.0 Å². The molecule has 68 heavy (non-hydrogen) atoms. The second-order valence-electron chi connectivity index (χ2n) is 18.3. The van der Waals surface area contributed by atoms with Crippen molar-refractivity contribution in [3.63, 3.8) is 0 Å². The van der Waals surface area contributed by atoms with Crippen molar-refractivity contribution in [1.29, 1.82) is 0 Å². The van der Waals surface area contributed by atoms with E-state index in [0.29, 0.717) is 31.3 Å². The molecule has 0 saturated heterocycles. The molecule has 0 spiro atoms. The van der Waals surface area contributed by atoms with Crippen LogP contribution in [0.15, 0.2) is 53.6 Å². The average molecular weight is 955 g/mol. The van der Waals surface area contributed by atoms with E-state index in [1.54, 1.807) is 58.0 Å². The molecule has 1 aliphatic heterocycles. The molecular weight excluding hydrogens is 877 g/mol. The molecule has 1 aromatic rings. The average Bonchev–Trinajstić information content (AvgIpc) is 3.30. The van der Waals surface area contributed by atoms with Crippen molar-refractivity contribution in [2.75, 3.05) is 33.8 Å². The van der Waals surface area contributed by atoms with Crippen molar-refractivity contribution in [2.45, 2.75) is 157 Å². The minimum atomic E-state index is -1.32. The molecule has 1 aliphatic rings. The molecule has 0 saturated carbocycles. The number of benzene rings is 1. The van der Waals surface area contributed by atoms with Crippen LogP contribution in [-0.4, -0.2) is 139 Å². The maximum absolute atomic E-state index is 14.2. The first-order valence-corrected chi connectivity index (χ1v) is 23.8. The van der Waals surface area contributed by atoms with Gasteiger partial charge in [0.1, 0.15) is 36.4 Å². The highest BCUT2D eigenvalue weighted by Crippen LogP contribution is 2.26. The number of amides is 6. The van der Waals surface area contributed by atoms with Gasteiger partial charge in [0, 0.05) is 51.6 Å². The van der Waals surface area contributed by atoms with E-state index in [2.05, 4.69) is 21.3 Å². The van der Waals surface area contributed by atoms with Gasteiger partial charge in [-0.2, -0.15) is 0 Å². The fourth-order valence-electron chi connectivity index (χ4n) is 7.48. The van der Waals surface area contributed by atoms with Crippen LogP contribution in [0.2, 0.25) is 0 Å². The summed E-state index contributed by atoms with van der Waals surface area (Å²) < 4.78 is 17.8. The van der Waals surface area contributed by atoms with Gasteiger partial charge in [-0.15, -0.1) is 0 Å². The third kappa shape index (κ3) is 18.7. The molecular formula is C50H78N6O12. The number of aliphatic hydroxyl groups is 1. The second-order valence-corrected chi connectivity index (χ2v) is 18.3. The van der Waals surface area contributed by atoms with Crippen LogP contribution in [-0.2, 0) is 54.2 Å². The number of esters is 2. The molecule has 0 unspecified atom stereocenters. The van der Waals surface area contributed by atoms with Gasteiger partial charge < -0.3 is 50.4 Å². The topological polar surface area (TPSA) is 239 Å². The summed E-state index contributed by atoms with van der Waals surface area (Å²) in [5.74, 6) is -6.19. The van der Waals surface area contributed by atoms with Gasteiger partial charge in [0.05, 0.1) is 6.54 Å². The minimum absolute atomic E-state index is 0.0239. The number of ether oxygens (including phenoxy) is 3. The lowest BCUT2D eigenvalue weighted by Crippen LogP contribution is -2.57. The fourth-order valence-corrected chi connectivity index (χ4v) is 7.48. The highest BCUT2D eigenvalue weighted by Gasteiger charge is 2.37. The van der Waals surface area contributed by atoms with E-state index in [-0.39, 0.29) is 43.9 Å². The van der Waals surface area contributed by atoms with Crippen LogP contribution in [0.25, 0.3) is 0 Å². The molecule has 0 radical (unpaired) electrons. The molecule has 0 aliphatic carbocycles. The molecule has 2 rings (SSSR count). The normalized spacial score (nSPS) is 26.4. The Bertz CT molecular complexity index is 1920. The van der Waals surface area contributed by atoms with Crippen molar-refractivity contribution < 1.29 is 57.7 Å². The smallest absolute Gasteiger partial charge is 0.407 e. The van der Waals surface area contributed by atoms with E-state index in [0.717, 1.165) is 10.5 Å². The Morgan fingerprint density at radius 2 is 1.56 bits per heavy atom. The number of hydrogen-bond donors (Lipinski definition) is 5. The number of rotatable bonds is 13. The molecule has 1 aromatic carbocycles. The van der Waals surface area contributed by atoms with Gasteiger partial charge in [-0.05, 0) is 83.3 Å². The Labute approximate surface area is 402 Å². The third-order valence-electron chi connectivity index (χ3n) is 12.2. The number of cyclic esters (lactones) is 2. The highest BCUT2D eigenvalue weighted by molar-refractivity contribution is 5.96. The maximum Gasteiger partial charge on any atom is 0.407 e. The number of carbonyl (C=O) groups is 8. The summed E-state index contributed by atoms with van der Waals surface area (Å²) in [6.07, 6.45) is 1.61. The monoisotopic (exact) mass is 955 g/mol. The summed E-state index contributed by atoms with van der Waals surface area (Å²) in [5.41, 5.74) is 1.41. The van der Waals surface area contributed by atoms with E-state index in [1.165, 1.54) is 45.8 Å². The third-order valence-corrected chi connectivity index (χ3v) is 12.2. The standard InChI is InChI=1S/C50H78N6O12/c1-13-31(5)42-45(60)53-36(10)49(64)68-43(32(6)14-2)34(8)39(67-50(65)51-25-19-16-20-26-57)24-23-33(7)48(63)66-40(27-30(3)4)44(59)52-35(9)46(61)56(12)38(28-37-21-17-15-18-22-37)47(62)55(11)29-41(58)54-42/h14-15,17-18,21-23,30-31,34-36,38-40,42-43,57H,13,16,19-20,24-29H2,1-12H3,(H,51,65)(H,52,59)(H,53,60)(H,54,58)/b32-14+,33-23-/t31-,34+,35+,36-,38-,39+,40-,42+,43-/m1/s1. The van der Waals surface area contributed by atoms with E-state index in [9.17, 15) is 38.4 Å². The number of allylic oxidation sites excluding steroid dienone is 1. The predicted octanol–water partition coefficient (Wildman–Crippen LogP) is 4.13. The number of nitrogens with zero attached hydrogens (tertiary/aromatic N) is 2. The van der Waals surface area contributed by atoms with Crippen LogP contribution in [0, 0.1) is 17.8 Å². The number of unbranched alkanes of at least 4 members (excludes halogenated alkanes) is 2. The summed E-state index contributed by atoms with van der Waals surface area (Å²) in [6.45, 7) is 16.7. The van der Waals surface area contributed by atoms with Crippen LogP contribution in [0.3, 0.4) is 0 Å². The molecule has 1 heterocycles. The van der Waals surface area contributed by atoms with Crippen LogP contribution >= 0.6 is 0 Å². The number of nitrogens with one attached hydrogen (secondary N) is 4. The number of aliphatic hydroxyl groups excluding tert-OH is 1. The van der Waals surface area contributed by atoms with Crippen molar-refractivity contribution in [3.05, 3.63) is 59.2 Å². The number of carbonyl (C=O) groups excluding carboxylic acids is 8. The van der Waals surface area contributed by atoms with Crippen molar-refractivity contribution >= 4 is 47.6 Å². The zero-order valence-corrected chi connectivity index (χ0v) is 42.2. The van der Waals surface area contributed by atoms with Gasteiger partial charge in [-0.25, -0.2) is 14.4 Å². The largest absolute Gasteiger partial charge is 0.456 e. The van der Waals surface area contributed by atoms with E-state index in [1.807, 2.05) is 26.8 Å². The van der Waals surface area contributed by atoms with Crippen LogP contribution in [0.5, 0.6) is 0 Å². The zero-order chi connectivity index (χ0) is 51.2. The van der Waals surface area contributed by atoms with Crippen molar-refractivity contribution in [1.82, 2.24) is 31.1 Å². The Balaban J connectivity index is 2.70. The molecule has 9 atom stereocenters. The summed E-state index contributed by atoms with van der Waals surface area (Å²) in [7, 11) is 2.83. The maximum atomic E-state index is 14.2. The Kier molecular flexibility index (Phi) is 25.0. The summed E-state index contributed by atoms with van der Waals surface area (Å²) >= 11 is 0. The lowest BCUT2D eigenvalue weighted by molar-refractivity contribution is -0.155. The SMILES string of the molecule is C/C=C(\C)[C@H]1OC(=O)[C@@H](C)NC(=O)[C@H]([C@H](C)CC)NC(=O)CN(C)C(=O)[C@@H](Cc2ccccc2)N(C)C(=O)[C@H](C)NC(=O)[C@@H](CC(C)C)OC(=O)/C(C)=C\C[C@H](OC(=O)NCCCCCO)[C@@H]1C. The summed E-state index contributed by atoms with van der Waals surface area (Å²) in [6, 6.07) is 4.33. The first-order chi connectivity index (χ1) is 32.1. The number of hydrogen-bond acceptors (Lipinski definition) is 12. The molecule has 18 heteroatoms. The van der Waals surface area contributed by atoms with Gasteiger partial charge in [0.2, 0.25) is 23.6 Å². The number of likely N-dealkylation sites (N-methyl/N-ethyl adjacent to an activating group) is 2. The lowest BCUT2D eigenvalue weighted by Gasteiger charge is -2.33. The second kappa shape index (κ2) is 29.2. The van der Waals surface area contributed by atoms with Crippen molar-refractivity contribution in [2.24, 2.45) is 17.8 Å². The molecule has 5 N–H and O–H groups in total. The van der Waals surface area contributed by atoms with Gasteiger partial charge in [0.25, 0.3) is 5.91 Å². The highest BCUT2D eigenvalue weighted by atomic mass is 16.6. The quantitative estimate of drug-likeness (QED) is 0.0812. The molecule has 18 nitrogen and oxygen atoms in total. The van der Waals surface area contributed by atoms with Gasteiger partial charge in [0.15, 0.2) is 6.10 Å². The predicted molar refractivity (Wildman–Crippen MR) is 256 cm³/mol. The Hall–Kier alpha value is -5.78. The summed E-state index contributed by atoms with van der Waals surface area (Å²) in [4.78, 5) is 113.